The van der Waals surface area contributed by atoms with E-state index >= 15 is 0 Å². The lowest BCUT2D eigenvalue weighted by atomic mass is 9.93. The summed E-state index contributed by atoms with van der Waals surface area (Å²) in [6.07, 6.45) is 0.332. The quantitative estimate of drug-likeness (QED) is 0.491. The van der Waals surface area contributed by atoms with E-state index in [1.165, 1.54) is 23.8 Å². The van der Waals surface area contributed by atoms with Crippen molar-refractivity contribution >= 4 is 11.7 Å². The average molecular weight is 432 g/mol. The molecular formula is C27H29NO4. The van der Waals surface area contributed by atoms with Gasteiger partial charge in [-0.3, -0.25) is 4.79 Å². The Bertz CT molecular complexity index is 1120. The molecule has 1 heterocycles. The highest BCUT2D eigenvalue weighted by atomic mass is 16.5. The lowest BCUT2D eigenvalue weighted by molar-refractivity contribution is -0.141. The zero-order chi connectivity index (χ0) is 22.7. The average Bonchev–Trinajstić information content (AvgIpc) is 3.19. The third-order valence-electron chi connectivity index (χ3n) is 6.07. The van der Waals surface area contributed by atoms with Gasteiger partial charge in [0.05, 0.1) is 27.2 Å². The van der Waals surface area contributed by atoms with E-state index in [4.69, 9.17) is 14.2 Å². The molecule has 5 heteroatoms. The van der Waals surface area contributed by atoms with Crippen molar-refractivity contribution in [1.82, 2.24) is 0 Å². The molecule has 1 unspecified atom stereocenters. The fraction of sp³-hybridized carbons (Fsp3) is 0.296. The van der Waals surface area contributed by atoms with Crippen LogP contribution >= 0.6 is 0 Å². The van der Waals surface area contributed by atoms with Crippen molar-refractivity contribution in [2.75, 3.05) is 26.1 Å². The van der Waals surface area contributed by atoms with E-state index in [1.54, 1.807) is 7.11 Å². The standard InChI is InChI=1S/C27H29NO4/c1-17-7-5-8-18(2)26(17)23-10-6-9-19(27(23)31-4)15-28-21-11-12-22-20(13-25(29)30-3)16-32-24(22)14-21/h5-12,14,20,28H,13,15-16H2,1-4H3. The Labute approximate surface area is 189 Å². The maximum absolute atomic E-state index is 11.6. The van der Waals surface area contributed by atoms with Crippen LogP contribution in [0.5, 0.6) is 11.5 Å². The van der Waals surface area contributed by atoms with Gasteiger partial charge in [-0.2, -0.15) is 0 Å². The number of para-hydroxylation sites is 1. The second kappa shape index (κ2) is 9.35. The van der Waals surface area contributed by atoms with E-state index in [1.807, 2.05) is 18.2 Å². The molecule has 0 bridgehead atoms. The highest BCUT2D eigenvalue weighted by molar-refractivity contribution is 5.77. The SMILES string of the molecule is COC(=O)CC1COc2cc(NCc3cccc(-c4c(C)cccc4C)c3OC)ccc21. The first-order valence-corrected chi connectivity index (χ1v) is 10.8. The molecule has 1 atom stereocenters. The topological polar surface area (TPSA) is 56.8 Å². The van der Waals surface area contributed by atoms with Gasteiger partial charge >= 0.3 is 5.97 Å². The van der Waals surface area contributed by atoms with Crippen LogP contribution in [0.1, 0.15) is 34.6 Å². The fourth-order valence-electron chi connectivity index (χ4n) is 4.44. The first kappa shape index (κ1) is 21.8. The number of hydrogen-bond donors (Lipinski definition) is 1. The highest BCUT2D eigenvalue weighted by Gasteiger charge is 2.27. The second-order valence-corrected chi connectivity index (χ2v) is 8.16. The molecule has 0 radical (unpaired) electrons. The van der Waals surface area contributed by atoms with E-state index in [-0.39, 0.29) is 11.9 Å². The van der Waals surface area contributed by atoms with Gasteiger partial charge in [-0.05, 0) is 36.6 Å². The summed E-state index contributed by atoms with van der Waals surface area (Å²) in [6, 6.07) is 18.7. The lowest BCUT2D eigenvalue weighted by Gasteiger charge is -2.18. The summed E-state index contributed by atoms with van der Waals surface area (Å²) in [6.45, 7) is 5.38. The molecule has 32 heavy (non-hydrogen) atoms. The predicted octanol–water partition coefficient (Wildman–Crippen LogP) is 5.63. The molecular weight excluding hydrogens is 402 g/mol. The van der Waals surface area contributed by atoms with Crippen molar-refractivity contribution in [3.8, 4) is 22.6 Å². The molecule has 1 aliphatic heterocycles. The van der Waals surface area contributed by atoms with Crippen LogP contribution in [-0.4, -0.2) is 26.8 Å². The van der Waals surface area contributed by atoms with Crippen molar-refractivity contribution in [3.63, 3.8) is 0 Å². The molecule has 0 amide bonds. The largest absolute Gasteiger partial charge is 0.496 e. The number of anilines is 1. The van der Waals surface area contributed by atoms with Crippen molar-refractivity contribution in [2.24, 2.45) is 0 Å². The molecule has 0 aromatic heterocycles. The number of fused-ring (bicyclic) bond motifs is 1. The van der Waals surface area contributed by atoms with E-state index in [2.05, 4.69) is 55.6 Å². The van der Waals surface area contributed by atoms with Crippen LogP contribution in [-0.2, 0) is 16.1 Å². The number of esters is 1. The number of hydrogen-bond acceptors (Lipinski definition) is 5. The number of carbonyl (C=O) groups is 1. The molecule has 0 aliphatic carbocycles. The minimum absolute atomic E-state index is 0.0422. The monoisotopic (exact) mass is 431 g/mol. The zero-order valence-corrected chi connectivity index (χ0v) is 19.0. The molecule has 0 fully saturated rings. The van der Waals surface area contributed by atoms with Crippen LogP contribution in [0.15, 0.2) is 54.6 Å². The van der Waals surface area contributed by atoms with Crippen LogP contribution < -0.4 is 14.8 Å². The summed E-state index contributed by atoms with van der Waals surface area (Å²) in [4.78, 5) is 11.6. The van der Waals surface area contributed by atoms with Gasteiger partial charge in [-0.25, -0.2) is 0 Å². The molecule has 5 nitrogen and oxygen atoms in total. The molecule has 3 aromatic carbocycles. The number of aryl methyl sites for hydroxylation is 2. The van der Waals surface area contributed by atoms with Gasteiger partial charge in [0.1, 0.15) is 11.5 Å². The van der Waals surface area contributed by atoms with Crippen molar-refractivity contribution in [2.45, 2.75) is 32.7 Å². The van der Waals surface area contributed by atoms with Crippen molar-refractivity contribution in [3.05, 3.63) is 76.9 Å². The number of benzene rings is 3. The Kier molecular flexibility index (Phi) is 6.35. The van der Waals surface area contributed by atoms with Gasteiger partial charge in [-0.1, -0.05) is 42.5 Å². The number of methoxy groups -OCH3 is 2. The molecule has 0 saturated carbocycles. The van der Waals surface area contributed by atoms with Gasteiger partial charge in [-0.15, -0.1) is 0 Å². The fourth-order valence-corrected chi connectivity index (χ4v) is 4.44. The molecule has 1 aliphatic rings. The highest BCUT2D eigenvalue weighted by Crippen LogP contribution is 2.39. The minimum atomic E-state index is -0.218. The normalized spacial score (nSPS) is 14.4. The summed E-state index contributed by atoms with van der Waals surface area (Å²) in [7, 11) is 3.14. The molecule has 1 N–H and O–H groups in total. The van der Waals surface area contributed by atoms with Gasteiger partial charge in [0.25, 0.3) is 0 Å². The Morgan fingerprint density at radius 3 is 2.53 bits per heavy atom. The van der Waals surface area contributed by atoms with Gasteiger partial charge < -0.3 is 19.5 Å². The van der Waals surface area contributed by atoms with E-state index < -0.39 is 0 Å². The van der Waals surface area contributed by atoms with Gasteiger partial charge in [0, 0.05) is 40.9 Å². The summed E-state index contributed by atoms with van der Waals surface area (Å²) >= 11 is 0. The maximum Gasteiger partial charge on any atom is 0.306 e. The number of ether oxygens (including phenoxy) is 3. The Morgan fingerprint density at radius 2 is 1.81 bits per heavy atom. The Balaban J connectivity index is 1.55. The van der Waals surface area contributed by atoms with Crippen molar-refractivity contribution < 1.29 is 19.0 Å². The van der Waals surface area contributed by atoms with Crippen molar-refractivity contribution in [1.29, 1.82) is 0 Å². The third kappa shape index (κ3) is 4.28. The van der Waals surface area contributed by atoms with E-state index in [0.717, 1.165) is 33.9 Å². The molecule has 0 spiro atoms. The first-order chi connectivity index (χ1) is 15.5. The van der Waals surface area contributed by atoms with Gasteiger partial charge in [0.15, 0.2) is 0 Å². The number of rotatable bonds is 7. The lowest BCUT2D eigenvalue weighted by Crippen LogP contribution is -2.09. The summed E-state index contributed by atoms with van der Waals surface area (Å²) < 4.78 is 16.5. The first-order valence-electron chi connectivity index (χ1n) is 10.8. The smallest absolute Gasteiger partial charge is 0.306 e. The number of carbonyl (C=O) groups excluding carboxylic acids is 1. The van der Waals surface area contributed by atoms with E-state index in [9.17, 15) is 4.79 Å². The molecule has 3 aromatic rings. The summed E-state index contributed by atoms with van der Waals surface area (Å²) in [5.41, 5.74) is 7.87. The van der Waals surface area contributed by atoms with Crippen LogP contribution in [0, 0.1) is 13.8 Å². The minimum Gasteiger partial charge on any atom is -0.496 e. The predicted molar refractivity (Wildman–Crippen MR) is 127 cm³/mol. The molecule has 4 rings (SSSR count). The van der Waals surface area contributed by atoms with Crippen LogP contribution in [0.3, 0.4) is 0 Å². The number of nitrogens with one attached hydrogen (secondary N) is 1. The zero-order valence-electron chi connectivity index (χ0n) is 19.0. The summed E-state index contributed by atoms with van der Waals surface area (Å²) in [5.74, 6) is 1.53. The van der Waals surface area contributed by atoms with Gasteiger partial charge in [0.2, 0.25) is 0 Å². The third-order valence-corrected chi connectivity index (χ3v) is 6.07. The van der Waals surface area contributed by atoms with E-state index in [0.29, 0.717) is 19.6 Å². The van der Waals surface area contributed by atoms with Crippen LogP contribution in [0.4, 0.5) is 5.69 Å². The Hall–Kier alpha value is -3.47. The second-order valence-electron chi connectivity index (χ2n) is 8.16. The molecule has 166 valence electrons. The Morgan fingerprint density at radius 1 is 1.06 bits per heavy atom. The maximum atomic E-state index is 11.6. The summed E-state index contributed by atoms with van der Waals surface area (Å²) in [5, 5.41) is 3.49. The van der Waals surface area contributed by atoms with Crippen LogP contribution in [0.25, 0.3) is 11.1 Å². The van der Waals surface area contributed by atoms with Crippen LogP contribution in [0.2, 0.25) is 0 Å². The molecule has 0 saturated heterocycles.